The maximum Gasteiger partial charge on any atom is 0.340 e. The van der Waals surface area contributed by atoms with E-state index < -0.39 is 0 Å². The zero-order valence-electron chi connectivity index (χ0n) is 24.7. The van der Waals surface area contributed by atoms with E-state index in [0.29, 0.717) is 33.9 Å². The third-order valence-corrected chi connectivity index (χ3v) is 7.16. The molecule has 3 aromatic carbocycles. The van der Waals surface area contributed by atoms with Gasteiger partial charge in [0.2, 0.25) is 5.88 Å². The molecule has 0 amide bonds. The number of aliphatic imine (C=N–C) groups is 1. The van der Waals surface area contributed by atoms with Crippen LogP contribution in [0.5, 0.6) is 11.5 Å². The molecule has 216 valence electrons. The van der Waals surface area contributed by atoms with Crippen LogP contribution < -0.4 is 9.47 Å². The topological polar surface area (TPSA) is 99.0 Å². The average molecular weight is 574 g/mol. The van der Waals surface area contributed by atoms with Gasteiger partial charge in [-0.2, -0.15) is 5.26 Å². The van der Waals surface area contributed by atoms with Crippen molar-refractivity contribution in [2.75, 3.05) is 20.8 Å². The van der Waals surface area contributed by atoms with Crippen LogP contribution >= 0.6 is 0 Å². The fraction of sp³-hybridized carbons (Fsp3) is 0.171. The lowest BCUT2D eigenvalue weighted by molar-refractivity contribution is 0.0526. The van der Waals surface area contributed by atoms with E-state index >= 15 is 0 Å². The van der Waals surface area contributed by atoms with Gasteiger partial charge in [0.05, 0.1) is 32.1 Å². The molecule has 0 bridgehead atoms. The van der Waals surface area contributed by atoms with Gasteiger partial charge in [-0.25, -0.2) is 9.79 Å². The Balaban J connectivity index is 1.61. The Kier molecular flexibility index (Phi) is 8.44. The van der Waals surface area contributed by atoms with Crippen molar-refractivity contribution in [1.82, 2.24) is 4.57 Å². The van der Waals surface area contributed by atoms with Crippen LogP contribution in [0.4, 0.5) is 5.88 Å². The molecule has 0 saturated heterocycles. The van der Waals surface area contributed by atoms with E-state index in [1.165, 1.54) is 0 Å². The van der Waals surface area contributed by atoms with Crippen molar-refractivity contribution in [2.24, 2.45) is 4.99 Å². The smallest absolute Gasteiger partial charge is 0.340 e. The van der Waals surface area contributed by atoms with Gasteiger partial charge in [0.25, 0.3) is 0 Å². The minimum Gasteiger partial charge on any atom is -0.497 e. The van der Waals surface area contributed by atoms with Crippen LogP contribution in [0.1, 0.15) is 39.8 Å². The summed E-state index contributed by atoms with van der Waals surface area (Å²) in [5, 5.41) is 10.3. The van der Waals surface area contributed by atoms with Gasteiger partial charge in [-0.3, -0.25) is 0 Å². The number of hydrogen-bond donors (Lipinski definition) is 0. The molecular weight excluding hydrogens is 542 g/mol. The van der Waals surface area contributed by atoms with E-state index in [2.05, 4.69) is 11.1 Å². The lowest BCUT2D eigenvalue weighted by Crippen LogP contribution is -2.11. The summed E-state index contributed by atoms with van der Waals surface area (Å²) in [4.78, 5) is 17.3. The van der Waals surface area contributed by atoms with Crippen molar-refractivity contribution in [2.45, 2.75) is 20.8 Å². The van der Waals surface area contributed by atoms with Crippen LogP contribution in [-0.2, 0) is 4.74 Å². The quantitative estimate of drug-likeness (QED) is 0.132. The maximum atomic E-state index is 12.7. The molecule has 0 saturated carbocycles. The number of nitrogens with zero attached hydrogens (tertiary/aromatic N) is 3. The Morgan fingerprint density at radius 2 is 1.58 bits per heavy atom. The number of carbonyl (C=O) groups is 1. The molecular formula is C35H31N3O5. The first-order valence-corrected chi connectivity index (χ1v) is 13.7. The summed E-state index contributed by atoms with van der Waals surface area (Å²) < 4.78 is 24.2. The lowest BCUT2D eigenvalue weighted by atomic mass is 9.98. The second kappa shape index (κ2) is 12.5. The number of hydrogen-bond acceptors (Lipinski definition) is 7. The van der Waals surface area contributed by atoms with Crippen LogP contribution in [0, 0.1) is 25.2 Å². The number of para-hydroxylation sites is 1. The number of nitriles is 1. The molecule has 2 aromatic heterocycles. The fourth-order valence-corrected chi connectivity index (χ4v) is 5.06. The van der Waals surface area contributed by atoms with Crippen LogP contribution in [0.2, 0.25) is 0 Å². The van der Waals surface area contributed by atoms with Crippen LogP contribution in [0.3, 0.4) is 0 Å². The first kappa shape index (κ1) is 29.0. The molecule has 0 unspecified atom stereocenters. The largest absolute Gasteiger partial charge is 0.497 e. The van der Waals surface area contributed by atoms with Crippen molar-refractivity contribution in [3.8, 4) is 45.7 Å². The molecule has 5 aromatic rings. The summed E-state index contributed by atoms with van der Waals surface area (Å²) in [5.41, 5.74) is 6.30. The van der Waals surface area contributed by atoms with E-state index in [1.54, 1.807) is 33.4 Å². The maximum absolute atomic E-state index is 12.7. The SMILES string of the molecule is CCOC(=O)c1ccccc1-n1c(C)cc(C=Nc2oc(-c3ccc(OC)cc3)c(-c3ccc(OC)cc3)c2C#N)c1C. The Morgan fingerprint density at radius 3 is 2.19 bits per heavy atom. The number of carbonyl (C=O) groups excluding carboxylic acids is 1. The Labute approximate surface area is 250 Å². The van der Waals surface area contributed by atoms with Gasteiger partial charge < -0.3 is 23.2 Å². The average Bonchev–Trinajstić information content (AvgIpc) is 3.55. The normalized spacial score (nSPS) is 11.0. The van der Waals surface area contributed by atoms with Crippen molar-refractivity contribution in [3.63, 3.8) is 0 Å². The zero-order chi connectivity index (χ0) is 30.5. The van der Waals surface area contributed by atoms with Crippen LogP contribution in [0.25, 0.3) is 28.1 Å². The monoisotopic (exact) mass is 573 g/mol. The summed E-state index contributed by atoms with van der Waals surface area (Å²) in [7, 11) is 3.22. The first-order valence-electron chi connectivity index (χ1n) is 13.7. The first-order chi connectivity index (χ1) is 20.9. The number of methoxy groups -OCH3 is 2. The highest BCUT2D eigenvalue weighted by Gasteiger charge is 2.23. The predicted octanol–water partition coefficient (Wildman–Crippen LogP) is 7.84. The summed E-state index contributed by atoms with van der Waals surface area (Å²) in [5.74, 6) is 1.74. The molecule has 0 atom stereocenters. The Bertz CT molecular complexity index is 1840. The van der Waals surface area contributed by atoms with Crippen molar-refractivity contribution >= 4 is 18.1 Å². The number of rotatable bonds is 9. The summed E-state index contributed by atoms with van der Waals surface area (Å²) in [6.45, 7) is 5.99. The van der Waals surface area contributed by atoms with E-state index in [1.807, 2.05) is 91.2 Å². The van der Waals surface area contributed by atoms with Crippen molar-refractivity contribution < 1.29 is 23.4 Å². The Morgan fingerprint density at radius 1 is 0.953 bits per heavy atom. The molecule has 43 heavy (non-hydrogen) atoms. The molecule has 2 heterocycles. The van der Waals surface area contributed by atoms with Gasteiger partial charge in [0.1, 0.15) is 28.9 Å². The van der Waals surface area contributed by atoms with E-state index in [9.17, 15) is 10.1 Å². The molecule has 0 aliphatic carbocycles. The minimum absolute atomic E-state index is 0.191. The number of aryl methyl sites for hydroxylation is 1. The summed E-state index contributed by atoms with van der Waals surface area (Å²) in [6, 6.07) is 26.5. The third kappa shape index (κ3) is 5.66. The molecule has 0 aliphatic heterocycles. The third-order valence-electron chi connectivity index (χ3n) is 7.16. The van der Waals surface area contributed by atoms with Gasteiger partial charge in [0, 0.05) is 34.3 Å². The fourth-order valence-electron chi connectivity index (χ4n) is 5.06. The number of ether oxygens (including phenoxy) is 3. The number of benzene rings is 3. The number of furan rings is 1. The molecule has 8 nitrogen and oxygen atoms in total. The van der Waals surface area contributed by atoms with Gasteiger partial charge in [-0.05, 0) is 80.9 Å². The van der Waals surface area contributed by atoms with Gasteiger partial charge >= 0.3 is 5.97 Å². The molecule has 0 N–H and O–H groups in total. The van der Waals surface area contributed by atoms with Crippen molar-refractivity contribution in [3.05, 3.63) is 107 Å². The number of aromatic nitrogens is 1. The lowest BCUT2D eigenvalue weighted by Gasteiger charge is -2.14. The highest BCUT2D eigenvalue weighted by molar-refractivity contribution is 5.94. The standard InChI is InChI=1S/C35H31N3O5/c1-6-42-35(39)29-9-7-8-10-31(29)38-22(2)19-26(23(38)3)21-37-34-30(20-36)32(24-11-15-27(40-4)16-12-24)33(43-34)25-13-17-28(41-5)18-14-25/h7-19,21H,6H2,1-5H3. The second-order valence-corrected chi connectivity index (χ2v) is 9.71. The second-order valence-electron chi connectivity index (χ2n) is 9.71. The highest BCUT2D eigenvalue weighted by Crippen LogP contribution is 2.43. The molecule has 0 radical (unpaired) electrons. The van der Waals surface area contributed by atoms with Crippen molar-refractivity contribution in [1.29, 1.82) is 5.26 Å². The summed E-state index contributed by atoms with van der Waals surface area (Å²) >= 11 is 0. The molecule has 5 rings (SSSR count). The Hall–Kier alpha value is -5.55. The van der Waals surface area contributed by atoms with Gasteiger partial charge in [-0.1, -0.05) is 24.3 Å². The minimum atomic E-state index is -0.382. The van der Waals surface area contributed by atoms with Crippen LogP contribution in [0.15, 0.2) is 88.3 Å². The molecule has 8 heteroatoms. The molecule has 0 fully saturated rings. The van der Waals surface area contributed by atoms with Gasteiger partial charge in [0.15, 0.2) is 0 Å². The van der Waals surface area contributed by atoms with Gasteiger partial charge in [-0.15, -0.1) is 0 Å². The van der Waals surface area contributed by atoms with E-state index in [4.69, 9.17) is 18.6 Å². The number of esters is 1. The zero-order valence-corrected chi connectivity index (χ0v) is 24.7. The molecule has 0 spiro atoms. The van der Waals surface area contributed by atoms with E-state index in [0.717, 1.165) is 33.8 Å². The highest BCUT2D eigenvalue weighted by atomic mass is 16.5. The van der Waals surface area contributed by atoms with Crippen LogP contribution in [-0.4, -0.2) is 37.6 Å². The predicted molar refractivity (Wildman–Crippen MR) is 166 cm³/mol. The van der Waals surface area contributed by atoms with E-state index in [-0.39, 0.29) is 18.5 Å². The molecule has 0 aliphatic rings. The summed E-state index contributed by atoms with van der Waals surface area (Å²) in [6.07, 6.45) is 1.68.